The maximum absolute atomic E-state index is 13.6. The molecule has 4 aromatic rings. The predicted molar refractivity (Wildman–Crippen MR) is 136 cm³/mol. The van der Waals surface area contributed by atoms with Crippen LogP contribution in [0.25, 0.3) is 16.6 Å². The number of carbonyl (C=O) groups excluding carboxylic acids is 1. The lowest BCUT2D eigenvalue weighted by Crippen LogP contribution is -2.37. The number of para-hydroxylation sites is 1. The van der Waals surface area contributed by atoms with E-state index in [0.29, 0.717) is 49.8 Å². The molecule has 1 fully saturated rings. The molecule has 0 N–H and O–H groups in total. The van der Waals surface area contributed by atoms with Crippen LogP contribution in [-0.4, -0.2) is 53.9 Å². The van der Waals surface area contributed by atoms with Gasteiger partial charge in [-0.2, -0.15) is 4.52 Å². The van der Waals surface area contributed by atoms with Gasteiger partial charge in [0.15, 0.2) is 5.65 Å². The van der Waals surface area contributed by atoms with Crippen molar-refractivity contribution < 1.29 is 17.9 Å². The summed E-state index contributed by atoms with van der Waals surface area (Å²) >= 11 is 0. The van der Waals surface area contributed by atoms with Crippen LogP contribution in [0.4, 0.5) is 5.82 Å². The van der Waals surface area contributed by atoms with Crippen molar-refractivity contribution in [2.75, 3.05) is 24.6 Å². The Balaban J connectivity index is 1.57. The minimum Gasteiger partial charge on any atom is -0.466 e. The topological polar surface area (TPSA) is 107 Å². The number of benzene rings is 2. The van der Waals surface area contributed by atoms with Crippen LogP contribution in [0.15, 0.2) is 58.5 Å². The van der Waals surface area contributed by atoms with Crippen LogP contribution >= 0.6 is 0 Å². The fourth-order valence-corrected chi connectivity index (χ4v) is 5.91. The molecule has 0 spiro atoms. The smallest absolute Gasteiger partial charge is 0.309 e. The first kappa shape index (κ1) is 24.2. The van der Waals surface area contributed by atoms with E-state index in [0.717, 1.165) is 10.9 Å². The van der Waals surface area contributed by atoms with Crippen molar-refractivity contribution in [3.05, 3.63) is 54.1 Å². The van der Waals surface area contributed by atoms with Gasteiger partial charge < -0.3 is 9.64 Å². The highest BCUT2D eigenvalue weighted by molar-refractivity contribution is 7.91. The Hall–Kier alpha value is -3.53. The number of anilines is 1. The number of ether oxygens (including phenoxy) is 1. The fraction of sp³-hybridized carbons (Fsp3) is 0.385. The van der Waals surface area contributed by atoms with Crippen molar-refractivity contribution >= 4 is 38.2 Å². The van der Waals surface area contributed by atoms with Gasteiger partial charge in [0.25, 0.3) is 0 Å². The Bertz CT molecular complexity index is 1520. The van der Waals surface area contributed by atoms with E-state index in [1.807, 2.05) is 43.3 Å². The van der Waals surface area contributed by atoms with E-state index in [2.05, 4.69) is 29.1 Å². The lowest BCUT2D eigenvalue weighted by Gasteiger charge is -2.32. The summed E-state index contributed by atoms with van der Waals surface area (Å²) in [5.41, 5.74) is 1.96. The van der Waals surface area contributed by atoms with Gasteiger partial charge in [0, 0.05) is 18.5 Å². The van der Waals surface area contributed by atoms with Crippen LogP contribution in [0.5, 0.6) is 0 Å². The molecule has 0 atom stereocenters. The summed E-state index contributed by atoms with van der Waals surface area (Å²) in [5, 5.41) is 8.92. The number of piperidine rings is 1. The van der Waals surface area contributed by atoms with Gasteiger partial charge in [0.05, 0.1) is 22.9 Å². The first-order valence-corrected chi connectivity index (χ1v) is 13.7. The number of esters is 1. The molecule has 3 heterocycles. The van der Waals surface area contributed by atoms with E-state index < -0.39 is 9.84 Å². The molecule has 9 nitrogen and oxygen atoms in total. The van der Waals surface area contributed by atoms with E-state index in [-0.39, 0.29) is 27.5 Å². The number of aromatic nitrogens is 4. The molecule has 5 rings (SSSR count). The summed E-state index contributed by atoms with van der Waals surface area (Å²) in [4.78, 5) is 19.2. The summed E-state index contributed by atoms with van der Waals surface area (Å²) in [6, 6.07) is 14.5. The Morgan fingerprint density at radius 2 is 1.78 bits per heavy atom. The molecule has 2 aromatic heterocycles. The van der Waals surface area contributed by atoms with Crippen LogP contribution in [0.1, 0.15) is 45.1 Å². The normalized spacial score (nSPS) is 15.2. The zero-order chi connectivity index (χ0) is 25.4. The number of carbonyl (C=O) groups is 1. The van der Waals surface area contributed by atoms with Crippen molar-refractivity contribution in [1.82, 2.24) is 19.8 Å². The van der Waals surface area contributed by atoms with Crippen LogP contribution < -0.4 is 4.90 Å². The molecule has 0 amide bonds. The molecular weight excluding hydrogens is 478 g/mol. The van der Waals surface area contributed by atoms with Gasteiger partial charge >= 0.3 is 5.97 Å². The molecule has 10 heteroatoms. The Labute approximate surface area is 210 Å². The summed E-state index contributed by atoms with van der Waals surface area (Å²) in [6.07, 6.45) is 1.29. The minimum atomic E-state index is -3.94. The summed E-state index contributed by atoms with van der Waals surface area (Å²) in [7, 11) is -3.94. The molecule has 188 valence electrons. The van der Waals surface area contributed by atoms with E-state index in [1.165, 1.54) is 4.52 Å². The lowest BCUT2D eigenvalue weighted by molar-refractivity contribution is -0.148. The van der Waals surface area contributed by atoms with Gasteiger partial charge in [-0.3, -0.25) is 4.79 Å². The van der Waals surface area contributed by atoms with Gasteiger partial charge in [-0.05, 0) is 55.5 Å². The summed E-state index contributed by atoms with van der Waals surface area (Å²) < 4.78 is 33.8. The maximum atomic E-state index is 13.6. The van der Waals surface area contributed by atoms with Gasteiger partial charge in [-0.1, -0.05) is 43.3 Å². The van der Waals surface area contributed by atoms with Crippen LogP contribution in [0.3, 0.4) is 0 Å². The van der Waals surface area contributed by atoms with Crippen molar-refractivity contribution in [2.45, 2.75) is 49.5 Å². The van der Waals surface area contributed by atoms with E-state index in [1.54, 1.807) is 12.1 Å². The second-order valence-corrected chi connectivity index (χ2v) is 11.2. The highest BCUT2D eigenvalue weighted by Gasteiger charge is 2.30. The molecule has 1 aliphatic rings. The Kier molecular flexibility index (Phi) is 6.38. The van der Waals surface area contributed by atoms with Crippen molar-refractivity contribution in [2.24, 2.45) is 5.92 Å². The van der Waals surface area contributed by atoms with E-state index in [9.17, 15) is 13.2 Å². The highest BCUT2D eigenvalue weighted by Crippen LogP contribution is 2.32. The summed E-state index contributed by atoms with van der Waals surface area (Å²) in [5.74, 6) is 0.648. The third-order valence-corrected chi connectivity index (χ3v) is 8.39. The average Bonchev–Trinajstić information content (AvgIpc) is 3.34. The van der Waals surface area contributed by atoms with Gasteiger partial charge in [0.2, 0.25) is 14.9 Å². The van der Waals surface area contributed by atoms with Crippen molar-refractivity contribution in [1.29, 1.82) is 0 Å². The molecular formula is C26H29N5O4S. The molecule has 0 saturated carbocycles. The minimum absolute atomic E-state index is 0.141. The second-order valence-electron chi connectivity index (χ2n) is 9.32. The maximum Gasteiger partial charge on any atom is 0.309 e. The SMILES string of the molecule is CCOC(=O)C1CCN(c2nc3c(S(=O)(=O)c4ccc(C(C)C)cc4)nnn3c3ccccc23)CC1. The average molecular weight is 508 g/mol. The Morgan fingerprint density at radius 3 is 2.44 bits per heavy atom. The molecule has 36 heavy (non-hydrogen) atoms. The molecule has 0 unspecified atom stereocenters. The highest BCUT2D eigenvalue weighted by atomic mass is 32.2. The summed E-state index contributed by atoms with van der Waals surface area (Å²) in [6.45, 7) is 7.51. The number of nitrogens with zero attached hydrogens (tertiary/aromatic N) is 5. The number of hydrogen-bond acceptors (Lipinski definition) is 8. The molecule has 2 aromatic carbocycles. The standard InChI is InChI=1S/C26H29N5O4S/c1-4-35-26(32)19-13-15-30(16-14-19)23-21-7-5-6-8-22(21)31-24(27-23)25(28-29-31)36(33,34)20-11-9-18(10-12-20)17(2)3/h5-12,17,19H,4,13-16H2,1-3H3. The van der Waals surface area contributed by atoms with E-state index >= 15 is 0 Å². The lowest BCUT2D eigenvalue weighted by atomic mass is 9.97. The van der Waals surface area contributed by atoms with Gasteiger partial charge in [-0.15, -0.1) is 5.10 Å². The third-order valence-electron chi connectivity index (χ3n) is 6.73. The Morgan fingerprint density at radius 1 is 1.08 bits per heavy atom. The third kappa shape index (κ3) is 4.19. The zero-order valence-electron chi connectivity index (χ0n) is 20.6. The monoisotopic (exact) mass is 507 g/mol. The predicted octanol–water partition coefficient (Wildman–Crippen LogP) is 4.01. The number of sulfone groups is 1. The molecule has 1 aliphatic heterocycles. The molecule has 0 bridgehead atoms. The van der Waals surface area contributed by atoms with Gasteiger partial charge in [-0.25, -0.2) is 13.4 Å². The van der Waals surface area contributed by atoms with E-state index in [4.69, 9.17) is 9.72 Å². The van der Waals surface area contributed by atoms with Crippen molar-refractivity contribution in [3.8, 4) is 0 Å². The quantitative estimate of drug-likeness (QED) is 0.360. The van der Waals surface area contributed by atoms with Crippen LogP contribution in [-0.2, 0) is 19.4 Å². The van der Waals surface area contributed by atoms with Crippen molar-refractivity contribution in [3.63, 3.8) is 0 Å². The first-order chi connectivity index (χ1) is 17.3. The molecule has 0 radical (unpaired) electrons. The fourth-order valence-electron chi connectivity index (χ4n) is 4.67. The van der Waals surface area contributed by atoms with Crippen LogP contribution in [0, 0.1) is 5.92 Å². The van der Waals surface area contributed by atoms with Gasteiger partial charge in [0.1, 0.15) is 5.82 Å². The zero-order valence-corrected chi connectivity index (χ0v) is 21.4. The van der Waals surface area contributed by atoms with Crippen LogP contribution in [0.2, 0.25) is 0 Å². The first-order valence-electron chi connectivity index (χ1n) is 12.2. The number of rotatable bonds is 6. The largest absolute Gasteiger partial charge is 0.466 e. The number of fused-ring (bicyclic) bond motifs is 3. The molecule has 1 saturated heterocycles. The molecule has 0 aliphatic carbocycles. The number of hydrogen-bond donors (Lipinski definition) is 0. The second kappa shape index (κ2) is 9.50.